The highest BCUT2D eigenvalue weighted by Crippen LogP contribution is 2.32. The summed E-state index contributed by atoms with van der Waals surface area (Å²) in [5, 5.41) is 0. The monoisotopic (exact) mass is 361 g/mol. The van der Waals surface area contributed by atoms with Gasteiger partial charge in [0.15, 0.2) is 5.78 Å². The Labute approximate surface area is 125 Å². The molecule has 0 radical (unpaired) electrons. The van der Waals surface area contributed by atoms with Crippen molar-refractivity contribution in [3.63, 3.8) is 0 Å². The number of hydrogen-bond acceptors (Lipinski definition) is 2. The molecule has 0 saturated carbocycles. The predicted octanol–water partition coefficient (Wildman–Crippen LogP) is 4.43. The summed E-state index contributed by atoms with van der Waals surface area (Å²) in [6.07, 6.45) is -2.17. The summed E-state index contributed by atoms with van der Waals surface area (Å²) in [5.74, 6) is -2.28. The van der Waals surface area contributed by atoms with E-state index in [1.54, 1.807) is 6.07 Å². The van der Waals surface area contributed by atoms with Gasteiger partial charge >= 0.3 is 6.18 Å². The third kappa shape index (κ3) is 3.66. The van der Waals surface area contributed by atoms with Crippen molar-refractivity contribution < 1.29 is 22.4 Å². The Kier molecular flexibility index (Phi) is 4.41. The van der Waals surface area contributed by atoms with Crippen LogP contribution in [0.5, 0.6) is 0 Å². The van der Waals surface area contributed by atoms with Gasteiger partial charge in [-0.15, -0.1) is 0 Å². The van der Waals surface area contributed by atoms with Crippen LogP contribution in [0.25, 0.3) is 0 Å². The Hall–Kier alpha value is -1.76. The lowest BCUT2D eigenvalue weighted by Gasteiger charge is -2.10. The first-order valence-corrected chi connectivity index (χ1v) is 6.56. The van der Waals surface area contributed by atoms with Crippen molar-refractivity contribution in [3.8, 4) is 0 Å². The van der Waals surface area contributed by atoms with Gasteiger partial charge in [0.25, 0.3) is 0 Å². The highest BCUT2D eigenvalue weighted by molar-refractivity contribution is 9.10. The maximum Gasteiger partial charge on any atom is 0.419 e. The Morgan fingerprint density at radius 3 is 2.57 bits per heavy atom. The summed E-state index contributed by atoms with van der Waals surface area (Å²) < 4.78 is 52.3. The average molecular weight is 362 g/mol. The number of rotatable bonds is 3. The Bertz CT molecular complexity index is 685. The van der Waals surface area contributed by atoms with Crippen molar-refractivity contribution in [2.75, 3.05) is 0 Å². The Balaban J connectivity index is 2.32. The van der Waals surface area contributed by atoms with E-state index in [0.29, 0.717) is 16.1 Å². The molecule has 110 valence electrons. The molecule has 0 spiro atoms. The topological polar surface area (TPSA) is 30.0 Å². The molecule has 2 aromatic rings. The number of Topliss-reactive ketones (excluding diaryl/α,β-unsaturated/α-hetero) is 1. The molecule has 0 N–H and O–H groups in total. The molecular weight excluding hydrogens is 354 g/mol. The highest BCUT2D eigenvalue weighted by atomic mass is 79.9. The lowest BCUT2D eigenvalue weighted by Crippen LogP contribution is -2.13. The molecule has 2 rings (SSSR count). The molecule has 1 aromatic heterocycles. The van der Waals surface area contributed by atoms with Crippen molar-refractivity contribution in [3.05, 3.63) is 63.6 Å². The first-order chi connectivity index (χ1) is 9.79. The second kappa shape index (κ2) is 5.93. The fraction of sp³-hybridized carbons (Fsp3) is 0.143. The Morgan fingerprint density at radius 2 is 1.95 bits per heavy atom. The fourth-order valence-electron chi connectivity index (χ4n) is 1.80. The van der Waals surface area contributed by atoms with E-state index in [-0.39, 0.29) is 6.42 Å². The molecule has 0 saturated heterocycles. The van der Waals surface area contributed by atoms with Crippen LogP contribution in [0.2, 0.25) is 0 Å². The van der Waals surface area contributed by atoms with Gasteiger partial charge in [-0.2, -0.15) is 13.2 Å². The molecule has 1 heterocycles. The van der Waals surface area contributed by atoms with Gasteiger partial charge in [0.1, 0.15) is 5.82 Å². The van der Waals surface area contributed by atoms with Crippen LogP contribution in [-0.4, -0.2) is 10.8 Å². The van der Waals surface area contributed by atoms with Gasteiger partial charge in [-0.05, 0) is 39.7 Å². The zero-order chi connectivity index (χ0) is 15.6. The van der Waals surface area contributed by atoms with Gasteiger partial charge < -0.3 is 0 Å². The normalized spacial score (nSPS) is 11.5. The summed E-state index contributed by atoms with van der Waals surface area (Å²) >= 11 is 3.16. The number of alkyl halides is 3. The smallest absolute Gasteiger partial charge is 0.294 e. The van der Waals surface area contributed by atoms with Crippen LogP contribution in [0.15, 0.2) is 41.1 Å². The lowest BCUT2D eigenvalue weighted by molar-refractivity contribution is -0.140. The molecule has 0 fully saturated rings. The van der Waals surface area contributed by atoms with Crippen LogP contribution >= 0.6 is 15.9 Å². The quantitative estimate of drug-likeness (QED) is 0.598. The maximum absolute atomic E-state index is 13.8. The van der Waals surface area contributed by atoms with E-state index >= 15 is 0 Å². The van der Waals surface area contributed by atoms with Crippen LogP contribution in [0.4, 0.5) is 17.6 Å². The highest BCUT2D eigenvalue weighted by Gasteiger charge is 2.35. The molecule has 21 heavy (non-hydrogen) atoms. The van der Waals surface area contributed by atoms with Crippen LogP contribution in [0, 0.1) is 5.82 Å². The number of aromatic nitrogens is 1. The van der Waals surface area contributed by atoms with E-state index in [9.17, 15) is 22.4 Å². The minimum atomic E-state index is -4.84. The largest absolute Gasteiger partial charge is 0.419 e. The first-order valence-electron chi connectivity index (χ1n) is 5.77. The summed E-state index contributed by atoms with van der Waals surface area (Å²) in [5.41, 5.74) is -1.54. The molecular formula is C14H8BrF4NO. The SMILES string of the molecule is O=C(Cc1cncc(Br)c1)c1cccc(C(F)(F)F)c1F. The van der Waals surface area contributed by atoms with Crippen molar-refractivity contribution in [1.29, 1.82) is 0 Å². The number of carbonyl (C=O) groups is 1. The van der Waals surface area contributed by atoms with E-state index in [1.807, 2.05) is 0 Å². The minimum Gasteiger partial charge on any atom is -0.294 e. The van der Waals surface area contributed by atoms with E-state index in [2.05, 4.69) is 20.9 Å². The average Bonchev–Trinajstić information content (AvgIpc) is 2.37. The van der Waals surface area contributed by atoms with E-state index in [1.165, 1.54) is 12.4 Å². The van der Waals surface area contributed by atoms with Crippen LogP contribution in [0.3, 0.4) is 0 Å². The molecule has 0 unspecified atom stereocenters. The number of ketones is 1. The van der Waals surface area contributed by atoms with Gasteiger partial charge in [0.2, 0.25) is 0 Å². The fourth-order valence-corrected chi connectivity index (χ4v) is 2.21. The molecule has 2 nitrogen and oxygen atoms in total. The van der Waals surface area contributed by atoms with Crippen LogP contribution < -0.4 is 0 Å². The molecule has 7 heteroatoms. The zero-order valence-corrected chi connectivity index (χ0v) is 12.0. The zero-order valence-electron chi connectivity index (χ0n) is 10.4. The standard InChI is InChI=1S/C14H8BrF4NO/c15-9-4-8(6-20-7-9)5-12(21)10-2-1-3-11(13(10)16)14(17,18)19/h1-4,6-7H,5H2. The molecule has 0 aliphatic rings. The van der Waals surface area contributed by atoms with Crippen molar-refractivity contribution in [2.45, 2.75) is 12.6 Å². The number of hydrogen-bond donors (Lipinski definition) is 0. The van der Waals surface area contributed by atoms with Gasteiger partial charge in [-0.3, -0.25) is 9.78 Å². The van der Waals surface area contributed by atoms with Gasteiger partial charge in [0.05, 0.1) is 11.1 Å². The molecule has 0 bridgehead atoms. The van der Waals surface area contributed by atoms with Crippen LogP contribution in [-0.2, 0) is 12.6 Å². The minimum absolute atomic E-state index is 0.231. The van der Waals surface area contributed by atoms with E-state index in [4.69, 9.17) is 0 Å². The third-order valence-electron chi connectivity index (χ3n) is 2.73. The third-order valence-corrected chi connectivity index (χ3v) is 3.16. The van der Waals surface area contributed by atoms with Gasteiger partial charge in [0, 0.05) is 23.3 Å². The number of benzene rings is 1. The number of pyridine rings is 1. The Morgan fingerprint density at radius 1 is 1.24 bits per heavy atom. The number of halogens is 5. The summed E-state index contributed by atoms with van der Waals surface area (Å²) in [4.78, 5) is 15.8. The summed E-state index contributed by atoms with van der Waals surface area (Å²) in [7, 11) is 0. The van der Waals surface area contributed by atoms with E-state index < -0.39 is 28.9 Å². The molecule has 0 atom stereocenters. The molecule has 0 aliphatic carbocycles. The summed E-state index contributed by atoms with van der Waals surface area (Å²) in [6, 6.07) is 4.25. The second-order valence-electron chi connectivity index (χ2n) is 4.28. The van der Waals surface area contributed by atoms with Crippen LogP contribution in [0.1, 0.15) is 21.5 Å². The van der Waals surface area contributed by atoms with Crippen molar-refractivity contribution in [2.24, 2.45) is 0 Å². The predicted molar refractivity (Wildman–Crippen MR) is 71.4 cm³/mol. The molecule has 1 aromatic carbocycles. The lowest BCUT2D eigenvalue weighted by atomic mass is 10.0. The van der Waals surface area contributed by atoms with Crippen molar-refractivity contribution >= 4 is 21.7 Å². The second-order valence-corrected chi connectivity index (χ2v) is 5.19. The first kappa shape index (κ1) is 15.6. The molecule has 0 aliphatic heterocycles. The molecule has 0 amide bonds. The van der Waals surface area contributed by atoms with Gasteiger partial charge in [-0.1, -0.05) is 6.07 Å². The number of nitrogens with zero attached hydrogens (tertiary/aromatic N) is 1. The van der Waals surface area contributed by atoms with Gasteiger partial charge in [-0.25, -0.2) is 4.39 Å². The number of carbonyl (C=O) groups excluding carboxylic acids is 1. The van der Waals surface area contributed by atoms with Crippen molar-refractivity contribution in [1.82, 2.24) is 4.98 Å². The van der Waals surface area contributed by atoms with E-state index in [0.717, 1.165) is 12.1 Å². The maximum atomic E-state index is 13.8. The summed E-state index contributed by atoms with van der Waals surface area (Å²) in [6.45, 7) is 0.